The number of ether oxygens (including phenoxy) is 2. The lowest BCUT2D eigenvalue weighted by Gasteiger charge is -2.23. The van der Waals surface area contributed by atoms with Crippen molar-refractivity contribution in [3.63, 3.8) is 0 Å². The van der Waals surface area contributed by atoms with Gasteiger partial charge >= 0.3 is 11.9 Å². The lowest BCUT2D eigenvalue weighted by atomic mass is 10.1. The van der Waals surface area contributed by atoms with E-state index in [4.69, 9.17) is 25.5 Å². The number of benzene rings is 1. The maximum Gasteiger partial charge on any atom is 0.355 e. The van der Waals surface area contributed by atoms with Crippen molar-refractivity contribution in [3.8, 4) is 0 Å². The van der Waals surface area contributed by atoms with Crippen LogP contribution in [-0.4, -0.2) is 26.2 Å². The van der Waals surface area contributed by atoms with E-state index >= 15 is 0 Å². The third-order valence-electron chi connectivity index (χ3n) is 4.56. The van der Waals surface area contributed by atoms with Gasteiger partial charge in [0, 0.05) is 23.7 Å². The third-order valence-corrected chi connectivity index (χ3v) is 4.85. The molecule has 0 atom stereocenters. The van der Waals surface area contributed by atoms with Crippen LogP contribution in [0, 0.1) is 6.92 Å². The highest BCUT2D eigenvalue weighted by Crippen LogP contribution is 2.37. The Labute approximate surface area is 167 Å². The topological polar surface area (TPSA) is 69.0 Å². The predicted molar refractivity (Wildman–Crippen MR) is 107 cm³/mol. The Morgan fingerprint density at radius 2 is 1.86 bits per heavy atom. The van der Waals surface area contributed by atoms with Gasteiger partial charge in [0.2, 0.25) is 0 Å². The molecule has 0 saturated heterocycles. The fourth-order valence-corrected chi connectivity index (χ4v) is 3.41. The molecule has 7 heteroatoms. The van der Waals surface area contributed by atoms with E-state index in [-0.39, 0.29) is 11.3 Å². The van der Waals surface area contributed by atoms with E-state index in [1.54, 1.807) is 29.3 Å². The summed E-state index contributed by atoms with van der Waals surface area (Å²) < 4.78 is 15.6. The molecule has 0 N–H and O–H groups in total. The Kier molecular flexibility index (Phi) is 5.61. The molecule has 1 aliphatic rings. The molecule has 2 aromatic rings. The van der Waals surface area contributed by atoms with Gasteiger partial charge in [-0.25, -0.2) is 9.59 Å². The summed E-state index contributed by atoms with van der Waals surface area (Å²) >= 11 is 6.47. The molecule has 1 aromatic heterocycles. The van der Waals surface area contributed by atoms with Crippen LogP contribution in [0.5, 0.6) is 0 Å². The molecule has 6 nitrogen and oxygen atoms in total. The summed E-state index contributed by atoms with van der Waals surface area (Å²) in [6.45, 7) is 3.96. The van der Waals surface area contributed by atoms with Gasteiger partial charge in [0.15, 0.2) is 5.58 Å². The average Bonchev–Trinajstić information content (AvgIpc) is 2.89. The number of carbonyl (C=O) groups is 2. The lowest BCUT2D eigenvalue weighted by molar-refractivity contribution is -0.139. The minimum absolute atomic E-state index is 0.0339. The van der Waals surface area contributed by atoms with Crippen molar-refractivity contribution in [1.29, 1.82) is 0 Å². The summed E-state index contributed by atoms with van der Waals surface area (Å²) in [4.78, 5) is 26.4. The maximum atomic E-state index is 12.6. The van der Waals surface area contributed by atoms with E-state index in [2.05, 4.69) is 0 Å². The van der Waals surface area contributed by atoms with Crippen LogP contribution in [0.1, 0.15) is 18.2 Å². The minimum Gasteiger partial charge on any atom is -0.465 e. The van der Waals surface area contributed by atoms with Crippen LogP contribution in [0.2, 0.25) is 5.02 Å². The Morgan fingerprint density at radius 1 is 1.14 bits per heavy atom. The number of carbonyl (C=O) groups excluding carboxylic acids is 2. The smallest absolute Gasteiger partial charge is 0.355 e. The second-order valence-electron chi connectivity index (χ2n) is 6.12. The molecule has 28 heavy (non-hydrogen) atoms. The predicted octanol–water partition coefficient (Wildman–Crippen LogP) is 4.45. The van der Waals surface area contributed by atoms with E-state index in [9.17, 15) is 9.59 Å². The molecule has 0 unspecified atom stereocenters. The molecule has 2 heterocycles. The van der Waals surface area contributed by atoms with Crippen molar-refractivity contribution in [2.45, 2.75) is 20.3 Å². The molecular formula is C21H20ClNO5. The van der Waals surface area contributed by atoms with Crippen LogP contribution < -0.4 is 4.90 Å². The molecule has 0 spiro atoms. The highest BCUT2D eigenvalue weighted by molar-refractivity contribution is 6.35. The highest BCUT2D eigenvalue weighted by Gasteiger charge is 2.28. The van der Waals surface area contributed by atoms with E-state index in [0.717, 1.165) is 23.1 Å². The molecule has 0 bridgehead atoms. The third kappa shape index (κ3) is 3.31. The molecular weight excluding hydrogens is 382 g/mol. The van der Waals surface area contributed by atoms with Crippen LogP contribution in [0.25, 0.3) is 11.0 Å². The standard InChI is InChI=1S/C21H20ClNO5/c1-5-17-12(2)15-10-13(11-16(22)19(15)28-17)23-9-7-6-8-14(20(24)26-3)18(23)21(25)27-4/h6-11H,5H2,1-4H3. The number of halogens is 1. The van der Waals surface area contributed by atoms with Crippen LogP contribution in [0.15, 0.2) is 52.2 Å². The number of aryl methyl sites for hydroxylation is 2. The number of methoxy groups -OCH3 is 2. The van der Waals surface area contributed by atoms with Gasteiger partial charge in [0.1, 0.15) is 11.5 Å². The number of allylic oxidation sites excluding steroid dienone is 2. The number of esters is 2. The molecule has 1 aliphatic heterocycles. The first kappa shape index (κ1) is 19.8. The lowest BCUT2D eigenvalue weighted by Crippen LogP contribution is -2.26. The van der Waals surface area contributed by atoms with Gasteiger partial charge < -0.3 is 18.8 Å². The van der Waals surface area contributed by atoms with Crippen LogP contribution >= 0.6 is 11.6 Å². The first-order valence-electron chi connectivity index (χ1n) is 8.69. The first-order valence-corrected chi connectivity index (χ1v) is 9.07. The highest BCUT2D eigenvalue weighted by atomic mass is 35.5. The summed E-state index contributed by atoms with van der Waals surface area (Å²) in [5.41, 5.74) is 2.27. The number of rotatable bonds is 4. The van der Waals surface area contributed by atoms with Crippen molar-refractivity contribution in [1.82, 2.24) is 0 Å². The molecule has 3 rings (SSSR count). The van der Waals surface area contributed by atoms with Gasteiger partial charge in [-0.05, 0) is 36.8 Å². The molecule has 0 aliphatic carbocycles. The van der Waals surface area contributed by atoms with E-state index in [0.29, 0.717) is 16.3 Å². The van der Waals surface area contributed by atoms with E-state index in [1.165, 1.54) is 20.3 Å². The molecule has 0 amide bonds. The van der Waals surface area contributed by atoms with Crippen LogP contribution in [0.3, 0.4) is 0 Å². The second-order valence-corrected chi connectivity index (χ2v) is 6.53. The van der Waals surface area contributed by atoms with Gasteiger partial charge in [-0.15, -0.1) is 0 Å². The average molecular weight is 402 g/mol. The first-order chi connectivity index (χ1) is 13.4. The number of hydrogen-bond acceptors (Lipinski definition) is 6. The molecule has 0 radical (unpaired) electrons. The zero-order valence-corrected chi connectivity index (χ0v) is 16.8. The number of anilines is 1. The number of furan rings is 1. The Bertz CT molecular complexity index is 1040. The van der Waals surface area contributed by atoms with Gasteiger partial charge in [0.25, 0.3) is 0 Å². The van der Waals surface area contributed by atoms with Gasteiger partial charge in [-0.1, -0.05) is 24.6 Å². The monoisotopic (exact) mass is 401 g/mol. The van der Waals surface area contributed by atoms with Crippen molar-refractivity contribution in [2.75, 3.05) is 19.1 Å². The summed E-state index contributed by atoms with van der Waals surface area (Å²) in [5.74, 6) is -0.475. The quantitative estimate of drug-likeness (QED) is 0.705. The fourth-order valence-electron chi connectivity index (χ4n) is 3.15. The number of hydrogen-bond donors (Lipinski definition) is 0. The Hall–Kier alpha value is -2.99. The largest absolute Gasteiger partial charge is 0.465 e. The normalized spacial score (nSPS) is 13.8. The second kappa shape index (κ2) is 7.94. The van der Waals surface area contributed by atoms with Crippen LogP contribution in [-0.2, 0) is 25.5 Å². The van der Waals surface area contributed by atoms with Crippen molar-refractivity contribution < 1.29 is 23.5 Å². The SMILES string of the molecule is CCc1oc2c(Cl)cc(N3C=CC=CC(C(=O)OC)=C3C(=O)OC)cc2c1C. The van der Waals surface area contributed by atoms with Gasteiger partial charge in [-0.3, -0.25) is 0 Å². The van der Waals surface area contributed by atoms with Crippen molar-refractivity contribution >= 4 is 40.2 Å². The van der Waals surface area contributed by atoms with E-state index in [1.807, 2.05) is 19.9 Å². The zero-order chi connectivity index (χ0) is 20.4. The van der Waals surface area contributed by atoms with Crippen LogP contribution in [0.4, 0.5) is 5.69 Å². The maximum absolute atomic E-state index is 12.6. The summed E-state index contributed by atoms with van der Waals surface area (Å²) in [6, 6.07) is 3.55. The summed E-state index contributed by atoms with van der Waals surface area (Å²) in [7, 11) is 2.51. The summed E-state index contributed by atoms with van der Waals surface area (Å²) in [6.07, 6.45) is 7.25. The number of nitrogens with zero attached hydrogens (tertiary/aromatic N) is 1. The Balaban J connectivity index is 2.26. The molecule has 146 valence electrons. The summed E-state index contributed by atoms with van der Waals surface area (Å²) in [5, 5.41) is 1.25. The fraction of sp³-hybridized carbons (Fsp3) is 0.238. The molecule has 1 aromatic carbocycles. The zero-order valence-electron chi connectivity index (χ0n) is 16.0. The molecule has 0 saturated carbocycles. The minimum atomic E-state index is -0.675. The molecule has 0 fully saturated rings. The van der Waals surface area contributed by atoms with Crippen molar-refractivity contribution in [3.05, 3.63) is 64.2 Å². The van der Waals surface area contributed by atoms with E-state index < -0.39 is 11.9 Å². The van der Waals surface area contributed by atoms with Gasteiger partial charge in [-0.2, -0.15) is 0 Å². The number of fused-ring (bicyclic) bond motifs is 1. The van der Waals surface area contributed by atoms with Gasteiger partial charge in [0.05, 0.1) is 24.8 Å². The Morgan fingerprint density at radius 3 is 2.50 bits per heavy atom. The van der Waals surface area contributed by atoms with Crippen molar-refractivity contribution in [2.24, 2.45) is 0 Å².